The molecule has 1 atom stereocenters. The van der Waals surface area contributed by atoms with Crippen molar-refractivity contribution in [2.45, 2.75) is 25.8 Å². The van der Waals surface area contributed by atoms with Crippen molar-refractivity contribution in [3.8, 4) is 6.07 Å². The molecule has 0 bridgehead atoms. The van der Waals surface area contributed by atoms with E-state index in [-0.39, 0.29) is 0 Å². The van der Waals surface area contributed by atoms with Crippen LogP contribution < -0.4 is 0 Å². The van der Waals surface area contributed by atoms with Crippen LogP contribution in [0.5, 0.6) is 0 Å². The van der Waals surface area contributed by atoms with Crippen LogP contribution in [0.3, 0.4) is 0 Å². The smallest absolute Gasteiger partial charge is 0.0638 e. The summed E-state index contributed by atoms with van der Waals surface area (Å²) in [6.45, 7) is 4.44. The quantitative estimate of drug-likeness (QED) is 0.549. The molecule has 2 heteroatoms. The summed E-state index contributed by atoms with van der Waals surface area (Å²) in [4.78, 5) is 2.34. The van der Waals surface area contributed by atoms with Crippen LogP contribution in [0, 0.1) is 11.3 Å². The van der Waals surface area contributed by atoms with E-state index < -0.39 is 0 Å². The first kappa shape index (κ1) is 6.57. The highest BCUT2D eigenvalue weighted by Gasteiger charge is 2.25. The minimum absolute atomic E-state index is 0.583. The average molecular weight is 124 g/mol. The molecule has 1 aliphatic rings. The predicted octanol–water partition coefficient (Wildman–Crippen LogP) is 0.994. The van der Waals surface area contributed by atoms with Crippen LogP contribution in [0.15, 0.2) is 0 Å². The van der Waals surface area contributed by atoms with Gasteiger partial charge in [0.1, 0.15) is 0 Å². The normalized spacial score (nSPS) is 26.9. The lowest BCUT2D eigenvalue weighted by Crippen LogP contribution is -2.46. The van der Waals surface area contributed by atoms with Crippen molar-refractivity contribution < 1.29 is 0 Å². The summed E-state index contributed by atoms with van der Waals surface area (Å²) in [5.74, 6) is 0. The second-order valence-electron chi connectivity index (χ2n) is 2.43. The number of nitrogens with zero attached hydrogens (tertiary/aromatic N) is 2. The van der Waals surface area contributed by atoms with E-state index in [0.29, 0.717) is 12.5 Å². The van der Waals surface area contributed by atoms with E-state index in [9.17, 15) is 0 Å². The van der Waals surface area contributed by atoms with Gasteiger partial charge < -0.3 is 0 Å². The van der Waals surface area contributed by atoms with Gasteiger partial charge in [-0.15, -0.1) is 0 Å². The molecule has 0 radical (unpaired) electrons. The van der Waals surface area contributed by atoms with E-state index in [4.69, 9.17) is 5.26 Å². The molecule has 0 saturated carbocycles. The van der Waals surface area contributed by atoms with Gasteiger partial charge in [-0.1, -0.05) is 6.92 Å². The van der Waals surface area contributed by atoms with Crippen molar-refractivity contribution in [3.63, 3.8) is 0 Å². The lowest BCUT2D eigenvalue weighted by molar-refractivity contribution is 0.102. The molecular formula is C7H12N2. The first-order valence-electron chi connectivity index (χ1n) is 3.49. The Balaban J connectivity index is 2.21. The summed E-state index contributed by atoms with van der Waals surface area (Å²) in [5, 5.41) is 8.34. The summed E-state index contributed by atoms with van der Waals surface area (Å²) in [6, 6.07) is 2.78. The molecule has 50 valence electrons. The second kappa shape index (κ2) is 2.84. The molecule has 0 amide bonds. The van der Waals surface area contributed by atoms with Crippen molar-refractivity contribution in [2.24, 2.45) is 0 Å². The zero-order valence-corrected chi connectivity index (χ0v) is 5.80. The van der Waals surface area contributed by atoms with Crippen molar-refractivity contribution in [1.82, 2.24) is 4.90 Å². The molecule has 1 aliphatic heterocycles. The SMILES string of the molecule is CCN1CCC1CC#N. The Morgan fingerprint density at radius 3 is 2.89 bits per heavy atom. The fraction of sp³-hybridized carbons (Fsp3) is 0.857. The maximum Gasteiger partial charge on any atom is 0.0638 e. The zero-order valence-electron chi connectivity index (χ0n) is 5.80. The van der Waals surface area contributed by atoms with Gasteiger partial charge in [0.25, 0.3) is 0 Å². The first-order chi connectivity index (χ1) is 4.38. The molecule has 0 N–H and O–H groups in total. The molecule has 1 saturated heterocycles. The summed E-state index contributed by atoms with van der Waals surface area (Å²) >= 11 is 0. The van der Waals surface area contributed by atoms with Gasteiger partial charge >= 0.3 is 0 Å². The summed E-state index contributed by atoms with van der Waals surface area (Å²) < 4.78 is 0. The standard InChI is InChI=1S/C7H12N2/c1-2-9-6-4-7(9)3-5-8/h7H,2-4,6H2,1H3. The minimum atomic E-state index is 0.583. The van der Waals surface area contributed by atoms with Crippen LogP contribution in [0.2, 0.25) is 0 Å². The Hall–Kier alpha value is -0.550. The van der Waals surface area contributed by atoms with Crippen molar-refractivity contribution >= 4 is 0 Å². The van der Waals surface area contributed by atoms with Gasteiger partial charge in [-0.25, -0.2) is 0 Å². The molecule has 1 rings (SSSR count). The molecular weight excluding hydrogens is 112 g/mol. The highest BCUT2D eigenvalue weighted by atomic mass is 15.2. The topological polar surface area (TPSA) is 27.0 Å². The predicted molar refractivity (Wildman–Crippen MR) is 35.9 cm³/mol. The Kier molecular flexibility index (Phi) is 2.07. The molecule has 1 heterocycles. The number of hydrogen-bond donors (Lipinski definition) is 0. The number of hydrogen-bond acceptors (Lipinski definition) is 2. The zero-order chi connectivity index (χ0) is 6.69. The van der Waals surface area contributed by atoms with Crippen molar-refractivity contribution in [2.75, 3.05) is 13.1 Å². The Bertz CT molecular complexity index is 123. The van der Waals surface area contributed by atoms with E-state index in [2.05, 4.69) is 17.9 Å². The van der Waals surface area contributed by atoms with Crippen LogP contribution in [0.4, 0.5) is 0 Å². The van der Waals surface area contributed by atoms with Crippen molar-refractivity contribution in [3.05, 3.63) is 0 Å². The van der Waals surface area contributed by atoms with Gasteiger partial charge in [-0.2, -0.15) is 5.26 Å². The first-order valence-corrected chi connectivity index (χ1v) is 3.49. The lowest BCUT2D eigenvalue weighted by Gasteiger charge is -2.38. The molecule has 0 aromatic rings. The van der Waals surface area contributed by atoms with Gasteiger partial charge in [-0.3, -0.25) is 4.90 Å². The van der Waals surface area contributed by atoms with Gasteiger partial charge in [-0.05, 0) is 19.5 Å². The molecule has 0 aromatic carbocycles. The van der Waals surface area contributed by atoms with E-state index in [0.717, 1.165) is 6.54 Å². The molecule has 2 nitrogen and oxygen atoms in total. The maximum atomic E-state index is 8.34. The molecule has 0 aromatic heterocycles. The van der Waals surface area contributed by atoms with Crippen LogP contribution in [0.1, 0.15) is 19.8 Å². The van der Waals surface area contributed by atoms with Gasteiger partial charge in [0.15, 0.2) is 0 Å². The lowest BCUT2D eigenvalue weighted by atomic mass is 10.0. The largest absolute Gasteiger partial charge is 0.300 e. The Morgan fingerprint density at radius 2 is 2.56 bits per heavy atom. The van der Waals surface area contributed by atoms with E-state index in [1.54, 1.807) is 0 Å². The van der Waals surface area contributed by atoms with Crippen LogP contribution in [-0.4, -0.2) is 24.0 Å². The Morgan fingerprint density at radius 1 is 1.78 bits per heavy atom. The maximum absolute atomic E-state index is 8.34. The monoisotopic (exact) mass is 124 g/mol. The molecule has 9 heavy (non-hydrogen) atoms. The average Bonchev–Trinajstić information content (AvgIpc) is 1.82. The van der Waals surface area contributed by atoms with Gasteiger partial charge in [0, 0.05) is 6.04 Å². The Labute approximate surface area is 56.1 Å². The third-order valence-electron chi connectivity index (χ3n) is 2.00. The summed E-state index contributed by atoms with van der Waals surface area (Å²) in [6.07, 6.45) is 1.94. The van der Waals surface area contributed by atoms with Crippen molar-refractivity contribution in [1.29, 1.82) is 5.26 Å². The molecule has 1 unspecified atom stereocenters. The number of likely N-dealkylation sites (tertiary alicyclic amines) is 1. The molecule has 0 aliphatic carbocycles. The van der Waals surface area contributed by atoms with Gasteiger partial charge in [0.05, 0.1) is 12.5 Å². The van der Waals surface area contributed by atoms with E-state index >= 15 is 0 Å². The summed E-state index contributed by atoms with van der Waals surface area (Å²) in [5.41, 5.74) is 0. The van der Waals surface area contributed by atoms with Crippen LogP contribution in [-0.2, 0) is 0 Å². The van der Waals surface area contributed by atoms with E-state index in [1.165, 1.54) is 13.0 Å². The molecule has 1 fully saturated rings. The highest BCUT2D eigenvalue weighted by Crippen LogP contribution is 2.18. The van der Waals surface area contributed by atoms with Crippen LogP contribution >= 0.6 is 0 Å². The van der Waals surface area contributed by atoms with Gasteiger partial charge in [0.2, 0.25) is 0 Å². The third kappa shape index (κ3) is 1.22. The highest BCUT2D eigenvalue weighted by molar-refractivity contribution is 4.89. The minimum Gasteiger partial charge on any atom is -0.300 e. The number of rotatable bonds is 2. The second-order valence-corrected chi connectivity index (χ2v) is 2.43. The summed E-state index contributed by atoms with van der Waals surface area (Å²) in [7, 11) is 0. The van der Waals surface area contributed by atoms with E-state index in [1.807, 2.05) is 0 Å². The fourth-order valence-corrected chi connectivity index (χ4v) is 1.25. The third-order valence-corrected chi connectivity index (χ3v) is 2.00. The van der Waals surface area contributed by atoms with Crippen LogP contribution in [0.25, 0.3) is 0 Å². The fourth-order valence-electron chi connectivity index (χ4n) is 1.25. The molecule has 0 spiro atoms. The number of nitriles is 1.